The third-order valence-electron chi connectivity index (χ3n) is 3.08. The van der Waals surface area contributed by atoms with Crippen LogP contribution in [0.2, 0.25) is 0 Å². The van der Waals surface area contributed by atoms with Gasteiger partial charge in [-0.2, -0.15) is 0 Å². The molecule has 0 aliphatic heterocycles. The molecule has 1 unspecified atom stereocenters. The fraction of sp³-hybridized carbons (Fsp3) is 0.500. The van der Waals surface area contributed by atoms with Gasteiger partial charge in [-0.15, -0.1) is 0 Å². The van der Waals surface area contributed by atoms with E-state index in [-0.39, 0.29) is 0 Å². The standard InChI is InChI=1S/C14H17BrO/c1-10(9-14(16)12-4-5-12)8-11-2-6-13(15)7-3-11/h2-3,6-7,10,12H,4-5,8-9H2,1H3. The summed E-state index contributed by atoms with van der Waals surface area (Å²) in [6, 6.07) is 8.37. The predicted octanol–water partition coefficient (Wildman–Crippen LogP) is 4.00. The lowest BCUT2D eigenvalue weighted by molar-refractivity contribution is -0.121. The molecule has 0 radical (unpaired) electrons. The monoisotopic (exact) mass is 280 g/mol. The predicted molar refractivity (Wildman–Crippen MR) is 69.4 cm³/mol. The topological polar surface area (TPSA) is 17.1 Å². The van der Waals surface area contributed by atoms with Crippen LogP contribution in [0.25, 0.3) is 0 Å². The van der Waals surface area contributed by atoms with E-state index in [0.29, 0.717) is 17.6 Å². The van der Waals surface area contributed by atoms with Crippen molar-refractivity contribution in [1.29, 1.82) is 0 Å². The molecule has 0 amide bonds. The van der Waals surface area contributed by atoms with E-state index < -0.39 is 0 Å². The summed E-state index contributed by atoms with van der Waals surface area (Å²) in [6.45, 7) is 2.17. The maximum Gasteiger partial charge on any atom is 0.136 e. The first-order valence-corrected chi connectivity index (χ1v) is 6.71. The highest BCUT2D eigenvalue weighted by Crippen LogP contribution is 2.32. The summed E-state index contributed by atoms with van der Waals surface area (Å²) in [4.78, 5) is 11.7. The average molecular weight is 281 g/mol. The van der Waals surface area contributed by atoms with Gasteiger partial charge in [0, 0.05) is 16.8 Å². The van der Waals surface area contributed by atoms with Crippen LogP contribution < -0.4 is 0 Å². The zero-order chi connectivity index (χ0) is 11.5. The van der Waals surface area contributed by atoms with E-state index in [1.54, 1.807) is 0 Å². The molecule has 1 aromatic carbocycles. The molecule has 86 valence electrons. The number of hydrogen-bond donors (Lipinski definition) is 0. The van der Waals surface area contributed by atoms with Crippen LogP contribution in [0.4, 0.5) is 0 Å². The first-order valence-electron chi connectivity index (χ1n) is 5.92. The first kappa shape index (κ1) is 11.8. The Morgan fingerprint density at radius 3 is 2.56 bits per heavy atom. The van der Waals surface area contributed by atoms with Crippen molar-refractivity contribution in [3.05, 3.63) is 34.3 Å². The van der Waals surface area contributed by atoms with E-state index in [1.807, 2.05) is 0 Å². The van der Waals surface area contributed by atoms with Crippen molar-refractivity contribution in [2.45, 2.75) is 32.6 Å². The lowest BCUT2D eigenvalue weighted by atomic mass is 9.95. The summed E-state index contributed by atoms with van der Waals surface area (Å²) in [5, 5.41) is 0. The van der Waals surface area contributed by atoms with Crippen molar-refractivity contribution in [1.82, 2.24) is 0 Å². The van der Waals surface area contributed by atoms with Gasteiger partial charge in [0.2, 0.25) is 0 Å². The van der Waals surface area contributed by atoms with Crippen molar-refractivity contribution in [2.24, 2.45) is 11.8 Å². The Hall–Kier alpha value is -0.630. The second kappa shape index (κ2) is 5.13. The van der Waals surface area contributed by atoms with Gasteiger partial charge >= 0.3 is 0 Å². The molecule has 2 heteroatoms. The molecule has 1 nitrogen and oxygen atoms in total. The molecule has 16 heavy (non-hydrogen) atoms. The van der Waals surface area contributed by atoms with Gasteiger partial charge in [-0.1, -0.05) is 35.0 Å². The number of hydrogen-bond acceptors (Lipinski definition) is 1. The van der Waals surface area contributed by atoms with Gasteiger partial charge in [-0.3, -0.25) is 4.79 Å². The molecule has 1 atom stereocenters. The number of ketones is 1. The van der Waals surface area contributed by atoms with Crippen LogP contribution in [-0.4, -0.2) is 5.78 Å². The van der Waals surface area contributed by atoms with Crippen LogP contribution in [0.5, 0.6) is 0 Å². The van der Waals surface area contributed by atoms with E-state index >= 15 is 0 Å². The number of carbonyl (C=O) groups is 1. The Bertz CT molecular complexity index is 365. The van der Waals surface area contributed by atoms with Crippen LogP contribution in [-0.2, 0) is 11.2 Å². The van der Waals surface area contributed by atoms with Gasteiger partial charge in [0.05, 0.1) is 0 Å². The Kier molecular flexibility index (Phi) is 3.80. The lowest BCUT2D eigenvalue weighted by Crippen LogP contribution is -2.09. The minimum absolute atomic E-state index is 0.410. The van der Waals surface area contributed by atoms with Crippen LogP contribution in [0.1, 0.15) is 31.7 Å². The van der Waals surface area contributed by atoms with E-state index in [2.05, 4.69) is 47.1 Å². The van der Waals surface area contributed by atoms with Crippen LogP contribution in [0.15, 0.2) is 28.7 Å². The average Bonchev–Trinajstić information content (AvgIpc) is 3.04. The summed E-state index contributed by atoms with van der Waals surface area (Å²) >= 11 is 3.43. The van der Waals surface area contributed by atoms with Gasteiger partial charge in [-0.05, 0) is 42.9 Å². The fourth-order valence-corrected chi connectivity index (χ4v) is 2.27. The molecule has 1 saturated carbocycles. The SMILES string of the molecule is CC(CC(=O)C1CC1)Cc1ccc(Br)cc1. The van der Waals surface area contributed by atoms with Gasteiger partial charge in [0.1, 0.15) is 5.78 Å². The van der Waals surface area contributed by atoms with Crippen molar-refractivity contribution in [3.63, 3.8) is 0 Å². The van der Waals surface area contributed by atoms with Crippen molar-refractivity contribution < 1.29 is 4.79 Å². The summed E-state index contributed by atoms with van der Waals surface area (Å²) in [5.41, 5.74) is 1.32. The Morgan fingerprint density at radius 2 is 2.00 bits per heavy atom. The van der Waals surface area contributed by atoms with Crippen molar-refractivity contribution >= 4 is 21.7 Å². The summed E-state index contributed by atoms with van der Waals surface area (Å²) in [7, 11) is 0. The number of benzene rings is 1. The minimum atomic E-state index is 0.410. The smallest absolute Gasteiger partial charge is 0.136 e. The fourth-order valence-electron chi connectivity index (χ4n) is 2.01. The van der Waals surface area contributed by atoms with Gasteiger partial charge in [0.25, 0.3) is 0 Å². The zero-order valence-electron chi connectivity index (χ0n) is 9.58. The van der Waals surface area contributed by atoms with Gasteiger partial charge in [-0.25, -0.2) is 0 Å². The molecule has 0 bridgehead atoms. The second-order valence-corrected chi connectivity index (χ2v) is 5.80. The second-order valence-electron chi connectivity index (χ2n) is 4.88. The number of halogens is 1. The first-order chi connectivity index (χ1) is 7.65. The van der Waals surface area contributed by atoms with Gasteiger partial charge in [0.15, 0.2) is 0 Å². The van der Waals surface area contributed by atoms with E-state index in [4.69, 9.17) is 0 Å². The number of Topliss-reactive ketones (excluding diaryl/α,β-unsaturated/α-hetero) is 1. The van der Waals surface area contributed by atoms with Crippen molar-refractivity contribution in [3.8, 4) is 0 Å². The molecule has 0 spiro atoms. The zero-order valence-corrected chi connectivity index (χ0v) is 11.2. The van der Waals surface area contributed by atoms with E-state index in [1.165, 1.54) is 5.56 Å². The normalized spacial score (nSPS) is 17.1. The molecular weight excluding hydrogens is 264 g/mol. The molecule has 1 aromatic rings. The van der Waals surface area contributed by atoms with Crippen LogP contribution in [0, 0.1) is 11.8 Å². The molecule has 1 aliphatic carbocycles. The van der Waals surface area contributed by atoms with E-state index in [0.717, 1.165) is 30.2 Å². The Balaban J connectivity index is 1.83. The molecule has 1 aliphatic rings. The summed E-state index contributed by atoms with van der Waals surface area (Å²) in [6.07, 6.45) is 4.01. The maximum atomic E-state index is 11.7. The highest BCUT2D eigenvalue weighted by Gasteiger charge is 2.29. The third kappa shape index (κ3) is 3.44. The van der Waals surface area contributed by atoms with Crippen molar-refractivity contribution in [2.75, 3.05) is 0 Å². The largest absolute Gasteiger partial charge is 0.299 e. The van der Waals surface area contributed by atoms with E-state index in [9.17, 15) is 4.79 Å². The van der Waals surface area contributed by atoms with Crippen LogP contribution in [0.3, 0.4) is 0 Å². The molecule has 0 saturated heterocycles. The number of carbonyl (C=O) groups excluding carboxylic acids is 1. The minimum Gasteiger partial charge on any atom is -0.299 e. The third-order valence-corrected chi connectivity index (χ3v) is 3.61. The molecule has 0 N–H and O–H groups in total. The number of rotatable bonds is 5. The highest BCUT2D eigenvalue weighted by molar-refractivity contribution is 9.10. The maximum absolute atomic E-state index is 11.7. The molecule has 0 aromatic heterocycles. The highest BCUT2D eigenvalue weighted by atomic mass is 79.9. The molecule has 0 heterocycles. The molecule has 2 rings (SSSR count). The Morgan fingerprint density at radius 1 is 1.38 bits per heavy atom. The summed E-state index contributed by atoms with van der Waals surface area (Å²) < 4.78 is 1.11. The molecular formula is C14H17BrO. The van der Waals surface area contributed by atoms with Gasteiger partial charge < -0.3 is 0 Å². The summed E-state index contributed by atoms with van der Waals surface area (Å²) in [5.74, 6) is 1.35. The lowest BCUT2D eigenvalue weighted by Gasteiger charge is -2.10. The Labute approximate surface area is 105 Å². The quantitative estimate of drug-likeness (QED) is 0.797. The molecule has 1 fully saturated rings. The van der Waals surface area contributed by atoms with Crippen LogP contribution >= 0.6 is 15.9 Å².